The number of esters is 1. The zero-order valence-electron chi connectivity index (χ0n) is 10.2. The molecule has 0 heterocycles. The summed E-state index contributed by atoms with van der Waals surface area (Å²) in [6.07, 6.45) is 0. The fourth-order valence-corrected chi connectivity index (χ4v) is 1.99. The van der Waals surface area contributed by atoms with E-state index < -0.39 is 23.2 Å². The molecule has 2 N–H and O–H groups in total. The second kappa shape index (κ2) is 6.00. The number of nitrogens with two attached hydrogens (primary N) is 1. The van der Waals surface area contributed by atoms with Crippen molar-refractivity contribution in [3.05, 3.63) is 63.6 Å². The van der Waals surface area contributed by atoms with E-state index in [2.05, 4.69) is 15.9 Å². The highest BCUT2D eigenvalue weighted by Gasteiger charge is 2.21. The molecule has 0 saturated heterocycles. The third-order valence-corrected chi connectivity index (χ3v) is 3.42. The molecule has 0 aliphatic carbocycles. The Morgan fingerprint density at radius 1 is 1.20 bits per heavy atom. The van der Waals surface area contributed by atoms with Gasteiger partial charge in [-0.25, -0.2) is 13.6 Å². The molecule has 0 atom stereocenters. The number of benzene rings is 2. The normalized spacial score (nSPS) is 10.3. The minimum Gasteiger partial charge on any atom is -0.457 e. The summed E-state index contributed by atoms with van der Waals surface area (Å²) in [6.45, 7) is -0.103. The SMILES string of the molecule is Nc1ccc(F)c(C(=O)OCc2ccccc2Br)c1F. The van der Waals surface area contributed by atoms with Crippen LogP contribution in [-0.4, -0.2) is 5.97 Å². The Morgan fingerprint density at radius 2 is 1.90 bits per heavy atom. The number of hydrogen-bond acceptors (Lipinski definition) is 3. The number of hydrogen-bond donors (Lipinski definition) is 1. The molecule has 2 aromatic rings. The number of carbonyl (C=O) groups is 1. The molecule has 20 heavy (non-hydrogen) atoms. The van der Waals surface area contributed by atoms with Crippen molar-refractivity contribution in [2.45, 2.75) is 6.61 Å². The highest BCUT2D eigenvalue weighted by atomic mass is 79.9. The van der Waals surface area contributed by atoms with Crippen molar-refractivity contribution >= 4 is 27.6 Å². The maximum absolute atomic E-state index is 13.6. The molecule has 0 amide bonds. The van der Waals surface area contributed by atoms with E-state index in [1.165, 1.54) is 0 Å². The van der Waals surface area contributed by atoms with Crippen molar-refractivity contribution in [3.63, 3.8) is 0 Å². The van der Waals surface area contributed by atoms with Crippen molar-refractivity contribution in [2.75, 3.05) is 5.73 Å². The van der Waals surface area contributed by atoms with Gasteiger partial charge < -0.3 is 10.5 Å². The van der Waals surface area contributed by atoms with E-state index >= 15 is 0 Å². The van der Waals surface area contributed by atoms with Gasteiger partial charge in [0.15, 0.2) is 5.82 Å². The zero-order valence-corrected chi connectivity index (χ0v) is 11.8. The first-order chi connectivity index (χ1) is 9.50. The molecule has 0 saturated carbocycles. The molecule has 0 spiro atoms. The van der Waals surface area contributed by atoms with E-state index in [9.17, 15) is 13.6 Å². The zero-order chi connectivity index (χ0) is 14.7. The average Bonchev–Trinajstić information content (AvgIpc) is 2.42. The summed E-state index contributed by atoms with van der Waals surface area (Å²) in [5.74, 6) is -3.21. The van der Waals surface area contributed by atoms with Gasteiger partial charge in [0.2, 0.25) is 0 Å². The molecule has 0 aliphatic rings. The summed E-state index contributed by atoms with van der Waals surface area (Å²) in [4.78, 5) is 11.8. The van der Waals surface area contributed by atoms with Crippen molar-refractivity contribution in [1.82, 2.24) is 0 Å². The first-order valence-electron chi connectivity index (χ1n) is 5.64. The number of carbonyl (C=O) groups excluding carboxylic acids is 1. The average molecular weight is 342 g/mol. The van der Waals surface area contributed by atoms with Gasteiger partial charge in [0.1, 0.15) is 18.0 Å². The maximum Gasteiger partial charge on any atom is 0.344 e. The fourth-order valence-electron chi connectivity index (χ4n) is 1.59. The Morgan fingerprint density at radius 3 is 2.60 bits per heavy atom. The smallest absolute Gasteiger partial charge is 0.344 e. The molecule has 104 valence electrons. The number of halogens is 3. The van der Waals surface area contributed by atoms with Gasteiger partial charge in [-0.15, -0.1) is 0 Å². The van der Waals surface area contributed by atoms with Crippen molar-refractivity contribution < 1.29 is 18.3 Å². The lowest BCUT2D eigenvalue weighted by Gasteiger charge is -2.09. The van der Waals surface area contributed by atoms with Gasteiger partial charge in [-0.1, -0.05) is 34.1 Å². The van der Waals surface area contributed by atoms with Crippen LogP contribution in [-0.2, 0) is 11.3 Å². The third-order valence-electron chi connectivity index (χ3n) is 2.64. The largest absolute Gasteiger partial charge is 0.457 e. The lowest BCUT2D eigenvalue weighted by Crippen LogP contribution is -2.12. The molecule has 0 bridgehead atoms. The molecule has 0 radical (unpaired) electrons. The lowest BCUT2D eigenvalue weighted by molar-refractivity contribution is 0.0461. The predicted octanol–water partition coefficient (Wildman–Crippen LogP) is 3.67. The Bertz CT molecular complexity index is 662. The van der Waals surface area contributed by atoms with Gasteiger partial charge in [0.05, 0.1) is 5.69 Å². The topological polar surface area (TPSA) is 52.3 Å². The second-order valence-electron chi connectivity index (χ2n) is 3.99. The van der Waals surface area contributed by atoms with E-state index in [4.69, 9.17) is 10.5 Å². The number of rotatable bonds is 3. The molecule has 0 fully saturated rings. The van der Waals surface area contributed by atoms with Gasteiger partial charge in [0.25, 0.3) is 0 Å². The van der Waals surface area contributed by atoms with Crippen LogP contribution in [0.3, 0.4) is 0 Å². The minimum atomic E-state index is -1.11. The quantitative estimate of drug-likeness (QED) is 0.684. The van der Waals surface area contributed by atoms with Crippen LogP contribution in [0.1, 0.15) is 15.9 Å². The van der Waals surface area contributed by atoms with Crippen LogP contribution in [0.2, 0.25) is 0 Å². The molecule has 0 aliphatic heterocycles. The number of anilines is 1. The van der Waals surface area contributed by atoms with Gasteiger partial charge in [-0.2, -0.15) is 0 Å². The summed E-state index contributed by atoms with van der Waals surface area (Å²) >= 11 is 3.28. The van der Waals surface area contributed by atoms with Gasteiger partial charge >= 0.3 is 5.97 Å². The molecule has 0 aromatic heterocycles. The van der Waals surface area contributed by atoms with E-state index in [-0.39, 0.29) is 12.3 Å². The van der Waals surface area contributed by atoms with Crippen LogP contribution < -0.4 is 5.73 Å². The first kappa shape index (κ1) is 14.5. The van der Waals surface area contributed by atoms with E-state index in [1.54, 1.807) is 24.3 Å². The fraction of sp³-hybridized carbons (Fsp3) is 0.0714. The van der Waals surface area contributed by atoms with Crippen LogP contribution in [0.5, 0.6) is 0 Å². The number of nitrogen functional groups attached to an aromatic ring is 1. The van der Waals surface area contributed by atoms with Crippen LogP contribution in [0.15, 0.2) is 40.9 Å². The summed E-state index contributed by atoms with van der Waals surface area (Å²) in [5, 5.41) is 0. The lowest BCUT2D eigenvalue weighted by atomic mass is 10.1. The molecule has 2 aromatic carbocycles. The standard InChI is InChI=1S/C14H10BrF2NO2/c15-9-4-2-1-3-8(9)7-20-14(19)12-10(16)5-6-11(18)13(12)17/h1-6H,7,18H2. The molecule has 6 heteroatoms. The summed E-state index contributed by atoms with van der Waals surface area (Å²) in [7, 11) is 0. The first-order valence-corrected chi connectivity index (χ1v) is 6.44. The minimum absolute atomic E-state index is 0.103. The Balaban J connectivity index is 2.18. The Kier molecular flexibility index (Phi) is 4.34. The van der Waals surface area contributed by atoms with Crippen molar-refractivity contribution in [1.29, 1.82) is 0 Å². The van der Waals surface area contributed by atoms with Crippen molar-refractivity contribution in [2.24, 2.45) is 0 Å². The van der Waals surface area contributed by atoms with Crippen LogP contribution in [0, 0.1) is 11.6 Å². The predicted molar refractivity (Wildman–Crippen MR) is 74.0 cm³/mol. The molecular formula is C14H10BrF2NO2. The van der Waals surface area contributed by atoms with Crippen LogP contribution in [0.4, 0.5) is 14.5 Å². The van der Waals surface area contributed by atoms with E-state index in [1.807, 2.05) is 0 Å². The van der Waals surface area contributed by atoms with Crippen LogP contribution >= 0.6 is 15.9 Å². The highest BCUT2D eigenvalue weighted by molar-refractivity contribution is 9.10. The molecular weight excluding hydrogens is 332 g/mol. The van der Waals surface area contributed by atoms with E-state index in [0.29, 0.717) is 5.56 Å². The third kappa shape index (κ3) is 2.96. The Hall–Kier alpha value is -1.95. The Labute approximate surface area is 122 Å². The van der Waals surface area contributed by atoms with Crippen molar-refractivity contribution in [3.8, 4) is 0 Å². The van der Waals surface area contributed by atoms with Gasteiger partial charge in [-0.05, 0) is 18.2 Å². The van der Waals surface area contributed by atoms with Gasteiger partial charge in [-0.3, -0.25) is 0 Å². The van der Waals surface area contributed by atoms with Crippen LogP contribution in [0.25, 0.3) is 0 Å². The van der Waals surface area contributed by atoms with Gasteiger partial charge in [0, 0.05) is 10.0 Å². The molecule has 0 unspecified atom stereocenters. The monoisotopic (exact) mass is 341 g/mol. The molecule has 3 nitrogen and oxygen atoms in total. The highest BCUT2D eigenvalue weighted by Crippen LogP contribution is 2.21. The summed E-state index contributed by atoms with van der Waals surface area (Å²) < 4.78 is 32.8. The maximum atomic E-state index is 13.6. The summed E-state index contributed by atoms with van der Waals surface area (Å²) in [6, 6.07) is 9.03. The molecule has 2 rings (SSSR count). The second-order valence-corrected chi connectivity index (χ2v) is 4.85. The number of ether oxygens (including phenoxy) is 1. The summed E-state index contributed by atoms with van der Waals surface area (Å²) in [5.41, 5.74) is 4.90. The van der Waals surface area contributed by atoms with E-state index in [0.717, 1.165) is 16.6 Å².